The first-order chi connectivity index (χ1) is 11.2. The summed E-state index contributed by atoms with van der Waals surface area (Å²) in [4.78, 5) is 16.7. The lowest BCUT2D eigenvalue weighted by molar-refractivity contribution is 0.0950. The van der Waals surface area contributed by atoms with Crippen molar-refractivity contribution in [3.8, 4) is 11.5 Å². The van der Waals surface area contributed by atoms with E-state index in [2.05, 4.69) is 10.3 Å². The molecule has 2 heterocycles. The topological polar surface area (TPSA) is 64.9 Å². The largest absolute Gasteiger partial charge is 0.493 e. The lowest BCUT2D eigenvalue weighted by Crippen LogP contribution is -2.23. The molecule has 0 spiro atoms. The number of ether oxygens (including phenoxy) is 2. The zero-order chi connectivity index (χ0) is 16.2. The Morgan fingerprint density at radius 2 is 2.00 bits per heavy atom. The molecule has 0 bridgehead atoms. The number of rotatable bonds is 5. The third-order valence-corrected chi connectivity index (χ3v) is 3.49. The highest BCUT2D eigenvalue weighted by Crippen LogP contribution is 2.27. The van der Waals surface area contributed by atoms with Crippen molar-refractivity contribution in [3.05, 3.63) is 60.0 Å². The van der Waals surface area contributed by atoms with Gasteiger partial charge in [-0.25, -0.2) is 4.98 Å². The maximum Gasteiger partial charge on any atom is 0.251 e. The van der Waals surface area contributed by atoms with Crippen molar-refractivity contribution in [2.45, 2.75) is 6.54 Å². The number of pyridine rings is 1. The number of imidazole rings is 1. The average Bonchev–Trinajstić information content (AvgIpc) is 3.01. The molecule has 0 saturated heterocycles. The van der Waals surface area contributed by atoms with Gasteiger partial charge >= 0.3 is 0 Å². The highest BCUT2D eigenvalue weighted by molar-refractivity contribution is 5.94. The van der Waals surface area contributed by atoms with Gasteiger partial charge in [-0.05, 0) is 30.3 Å². The van der Waals surface area contributed by atoms with Crippen molar-refractivity contribution in [1.82, 2.24) is 14.7 Å². The monoisotopic (exact) mass is 311 g/mol. The Labute approximate surface area is 133 Å². The molecule has 6 nitrogen and oxygen atoms in total. The summed E-state index contributed by atoms with van der Waals surface area (Å²) in [7, 11) is 3.09. The van der Waals surface area contributed by atoms with Crippen molar-refractivity contribution < 1.29 is 14.3 Å². The van der Waals surface area contributed by atoms with Gasteiger partial charge in [-0.2, -0.15) is 0 Å². The molecule has 0 fully saturated rings. The predicted octanol–water partition coefficient (Wildman–Crippen LogP) is 2.28. The van der Waals surface area contributed by atoms with Crippen LogP contribution >= 0.6 is 0 Å². The van der Waals surface area contributed by atoms with Crippen molar-refractivity contribution >= 4 is 11.6 Å². The SMILES string of the molecule is COc1ccc(C(=O)NCc2cn3ccccc3n2)cc1OC. The summed E-state index contributed by atoms with van der Waals surface area (Å²) in [6.07, 6.45) is 3.81. The van der Waals surface area contributed by atoms with E-state index in [1.807, 2.05) is 35.0 Å². The van der Waals surface area contributed by atoms with E-state index in [1.54, 1.807) is 25.3 Å². The number of hydrogen-bond donors (Lipinski definition) is 1. The van der Waals surface area contributed by atoms with E-state index in [4.69, 9.17) is 9.47 Å². The van der Waals surface area contributed by atoms with Crippen molar-refractivity contribution in [2.75, 3.05) is 14.2 Å². The lowest BCUT2D eigenvalue weighted by Gasteiger charge is -2.09. The molecule has 6 heteroatoms. The number of carbonyl (C=O) groups is 1. The molecule has 3 rings (SSSR count). The molecule has 0 unspecified atom stereocenters. The molecule has 2 aromatic heterocycles. The molecule has 1 aromatic carbocycles. The van der Waals surface area contributed by atoms with Gasteiger partial charge in [-0.3, -0.25) is 4.79 Å². The molecular weight excluding hydrogens is 294 g/mol. The van der Waals surface area contributed by atoms with Crippen molar-refractivity contribution in [2.24, 2.45) is 0 Å². The fraction of sp³-hybridized carbons (Fsp3) is 0.176. The number of hydrogen-bond acceptors (Lipinski definition) is 4. The summed E-state index contributed by atoms with van der Waals surface area (Å²) in [6.45, 7) is 0.356. The fourth-order valence-electron chi connectivity index (χ4n) is 2.32. The van der Waals surface area contributed by atoms with Crippen LogP contribution < -0.4 is 14.8 Å². The van der Waals surface area contributed by atoms with Gasteiger partial charge in [-0.15, -0.1) is 0 Å². The zero-order valence-corrected chi connectivity index (χ0v) is 12.9. The number of aromatic nitrogens is 2. The number of fused-ring (bicyclic) bond motifs is 1. The lowest BCUT2D eigenvalue weighted by atomic mass is 10.2. The first-order valence-corrected chi connectivity index (χ1v) is 7.14. The second-order valence-electron chi connectivity index (χ2n) is 4.95. The minimum absolute atomic E-state index is 0.192. The van der Waals surface area contributed by atoms with Crippen LogP contribution in [0.4, 0.5) is 0 Å². The molecule has 0 saturated carbocycles. The first kappa shape index (κ1) is 14.9. The molecule has 1 amide bonds. The van der Waals surface area contributed by atoms with Crippen LogP contribution in [0.15, 0.2) is 48.8 Å². The Kier molecular flexibility index (Phi) is 4.14. The number of amides is 1. The maximum absolute atomic E-state index is 12.3. The number of nitrogens with one attached hydrogen (secondary N) is 1. The summed E-state index contributed by atoms with van der Waals surface area (Å²) in [5.41, 5.74) is 2.15. The van der Waals surface area contributed by atoms with Crippen LogP contribution in [0, 0.1) is 0 Å². The quantitative estimate of drug-likeness (QED) is 0.785. The number of nitrogens with zero attached hydrogens (tertiary/aromatic N) is 2. The summed E-state index contributed by atoms with van der Waals surface area (Å²) in [5, 5.41) is 2.85. The van der Waals surface area contributed by atoms with E-state index in [0.29, 0.717) is 23.6 Å². The van der Waals surface area contributed by atoms with Gasteiger partial charge in [0.2, 0.25) is 0 Å². The van der Waals surface area contributed by atoms with Gasteiger partial charge in [0.05, 0.1) is 26.5 Å². The van der Waals surface area contributed by atoms with Gasteiger partial charge in [0.15, 0.2) is 11.5 Å². The Morgan fingerprint density at radius 1 is 1.17 bits per heavy atom. The second-order valence-corrected chi connectivity index (χ2v) is 4.95. The van der Waals surface area contributed by atoms with Gasteiger partial charge in [0.1, 0.15) is 5.65 Å². The van der Waals surface area contributed by atoms with Crippen LogP contribution in [-0.4, -0.2) is 29.5 Å². The number of methoxy groups -OCH3 is 2. The Morgan fingerprint density at radius 3 is 2.74 bits per heavy atom. The predicted molar refractivity (Wildman–Crippen MR) is 85.9 cm³/mol. The molecule has 0 radical (unpaired) electrons. The third kappa shape index (κ3) is 3.11. The van der Waals surface area contributed by atoms with E-state index in [-0.39, 0.29) is 5.91 Å². The molecule has 3 aromatic rings. The number of carbonyl (C=O) groups excluding carboxylic acids is 1. The van der Waals surface area contributed by atoms with E-state index >= 15 is 0 Å². The minimum atomic E-state index is -0.192. The molecule has 1 N–H and O–H groups in total. The second kappa shape index (κ2) is 6.39. The van der Waals surface area contributed by atoms with E-state index in [9.17, 15) is 4.79 Å². The molecule has 0 atom stereocenters. The van der Waals surface area contributed by atoms with Gasteiger partial charge in [0, 0.05) is 18.0 Å². The van der Waals surface area contributed by atoms with Crippen LogP contribution in [-0.2, 0) is 6.54 Å². The van der Waals surface area contributed by atoms with Crippen LogP contribution in [0.5, 0.6) is 11.5 Å². The Bertz CT molecular complexity index is 809. The van der Waals surface area contributed by atoms with Crippen LogP contribution in [0.2, 0.25) is 0 Å². The minimum Gasteiger partial charge on any atom is -0.493 e. The molecule has 0 aliphatic rings. The van der Waals surface area contributed by atoms with Crippen molar-refractivity contribution in [1.29, 1.82) is 0 Å². The van der Waals surface area contributed by atoms with E-state index < -0.39 is 0 Å². The summed E-state index contributed by atoms with van der Waals surface area (Å²) in [6, 6.07) is 10.8. The van der Waals surface area contributed by atoms with Gasteiger partial charge in [0.25, 0.3) is 5.91 Å². The summed E-state index contributed by atoms with van der Waals surface area (Å²) in [5.74, 6) is 0.917. The maximum atomic E-state index is 12.3. The zero-order valence-electron chi connectivity index (χ0n) is 12.9. The van der Waals surface area contributed by atoms with E-state index in [0.717, 1.165) is 11.3 Å². The molecular formula is C17H17N3O3. The fourth-order valence-corrected chi connectivity index (χ4v) is 2.32. The average molecular weight is 311 g/mol. The third-order valence-electron chi connectivity index (χ3n) is 3.49. The van der Waals surface area contributed by atoms with Crippen molar-refractivity contribution in [3.63, 3.8) is 0 Å². The van der Waals surface area contributed by atoms with Gasteiger partial charge in [-0.1, -0.05) is 6.07 Å². The van der Waals surface area contributed by atoms with Gasteiger partial charge < -0.3 is 19.2 Å². The summed E-state index contributed by atoms with van der Waals surface area (Å²) < 4.78 is 12.3. The summed E-state index contributed by atoms with van der Waals surface area (Å²) >= 11 is 0. The van der Waals surface area contributed by atoms with E-state index in [1.165, 1.54) is 7.11 Å². The first-order valence-electron chi connectivity index (χ1n) is 7.14. The normalized spacial score (nSPS) is 10.5. The van der Waals surface area contributed by atoms with Crippen LogP contribution in [0.1, 0.15) is 16.1 Å². The molecule has 0 aliphatic heterocycles. The molecule has 0 aliphatic carbocycles. The van der Waals surface area contributed by atoms with Crippen LogP contribution in [0.25, 0.3) is 5.65 Å². The Hall–Kier alpha value is -3.02. The highest BCUT2D eigenvalue weighted by atomic mass is 16.5. The number of benzene rings is 1. The standard InChI is InChI=1S/C17H17N3O3/c1-22-14-7-6-12(9-15(14)23-2)17(21)18-10-13-11-20-8-4-3-5-16(20)19-13/h3-9,11H,10H2,1-2H3,(H,18,21). The highest BCUT2D eigenvalue weighted by Gasteiger charge is 2.11. The molecule has 23 heavy (non-hydrogen) atoms. The Balaban J connectivity index is 1.71. The van der Waals surface area contributed by atoms with Crippen LogP contribution in [0.3, 0.4) is 0 Å². The smallest absolute Gasteiger partial charge is 0.251 e. The molecule has 118 valence electrons.